The van der Waals surface area contributed by atoms with Crippen molar-refractivity contribution < 1.29 is 4.52 Å². The molecule has 0 saturated heterocycles. The van der Waals surface area contributed by atoms with Gasteiger partial charge in [-0.15, -0.1) is 11.3 Å². The Hall–Kier alpha value is -0.720. The van der Waals surface area contributed by atoms with Crippen molar-refractivity contribution in [3.63, 3.8) is 0 Å². The third-order valence-corrected chi connectivity index (χ3v) is 5.65. The van der Waals surface area contributed by atoms with Crippen molar-refractivity contribution in [2.45, 2.75) is 51.0 Å². The molecule has 1 fully saturated rings. The summed E-state index contributed by atoms with van der Waals surface area (Å²) in [6.45, 7) is 3.14. The van der Waals surface area contributed by atoms with Crippen LogP contribution in [0.5, 0.6) is 0 Å². The average Bonchev–Trinajstić information content (AvgIpc) is 3.05. The fourth-order valence-corrected chi connectivity index (χ4v) is 4.34. The van der Waals surface area contributed by atoms with Crippen LogP contribution in [0.3, 0.4) is 0 Å². The van der Waals surface area contributed by atoms with Crippen molar-refractivity contribution in [3.8, 4) is 10.7 Å². The van der Waals surface area contributed by atoms with Gasteiger partial charge in [-0.3, -0.25) is 0 Å². The molecule has 1 aliphatic carbocycles. The monoisotopic (exact) mass is 369 g/mol. The molecule has 21 heavy (non-hydrogen) atoms. The van der Waals surface area contributed by atoms with Crippen LogP contribution in [-0.2, 0) is 0 Å². The van der Waals surface area contributed by atoms with Crippen molar-refractivity contribution in [1.82, 2.24) is 15.5 Å². The predicted octanol–water partition coefficient (Wildman–Crippen LogP) is 4.59. The van der Waals surface area contributed by atoms with E-state index >= 15 is 0 Å². The maximum absolute atomic E-state index is 5.59. The van der Waals surface area contributed by atoms with Gasteiger partial charge in [-0.2, -0.15) is 4.98 Å². The lowest BCUT2D eigenvalue weighted by Crippen LogP contribution is -2.34. The van der Waals surface area contributed by atoms with Crippen LogP contribution in [0.25, 0.3) is 10.7 Å². The molecule has 0 radical (unpaired) electrons. The first-order chi connectivity index (χ1) is 10.3. The molecular weight excluding hydrogens is 350 g/mol. The number of nitrogens with one attached hydrogen (secondary N) is 1. The van der Waals surface area contributed by atoms with E-state index in [-0.39, 0.29) is 0 Å². The molecule has 1 N–H and O–H groups in total. The number of rotatable bonds is 4. The van der Waals surface area contributed by atoms with Crippen molar-refractivity contribution in [1.29, 1.82) is 0 Å². The van der Waals surface area contributed by atoms with Gasteiger partial charge < -0.3 is 9.84 Å². The minimum atomic E-state index is 0.345. The van der Waals surface area contributed by atoms with E-state index < -0.39 is 0 Å². The maximum atomic E-state index is 5.59. The molecule has 2 atom stereocenters. The van der Waals surface area contributed by atoms with Crippen LogP contribution in [0.1, 0.15) is 50.8 Å². The second-order valence-electron chi connectivity index (χ2n) is 5.47. The summed E-state index contributed by atoms with van der Waals surface area (Å²) in [6, 6.07) is 4.50. The molecule has 2 aromatic heterocycles. The van der Waals surface area contributed by atoms with Gasteiger partial charge in [-0.1, -0.05) is 31.3 Å². The summed E-state index contributed by atoms with van der Waals surface area (Å²) in [5, 5.41) is 7.77. The van der Waals surface area contributed by atoms with E-state index in [0.717, 1.165) is 27.5 Å². The molecule has 0 amide bonds. The highest BCUT2D eigenvalue weighted by Gasteiger charge is 2.29. The van der Waals surface area contributed by atoms with E-state index in [1.54, 1.807) is 11.3 Å². The summed E-state index contributed by atoms with van der Waals surface area (Å²) >= 11 is 5.11. The molecule has 6 heteroatoms. The first-order valence-corrected chi connectivity index (χ1v) is 9.21. The Kier molecular flexibility index (Phi) is 5.08. The van der Waals surface area contributed by atoms with Gasteiger partial charge in [0, 0.05) is 6.04 Å². The van der Waals surface area contributed by atoms with Crippen LogP contribution >= 0.6 is 27.3 Å². The lowest BCUT2D eigenvalue weighted by molar-refractivity contribution is 0.306. The van der Waals surface area contributed by atoms with Crippen molar-refractivity contribution >= 4 is 27.3 Å². The van der Waals surface area contributed by atoms with E-state index in [9.17, 15) is 0 Å². The molecular formula is C15H20BrN3OS. The molecule has 0 aliphatic heterocycles. The first-order valence-electron chi connectivity index (χ1n) is 7.60. The number of hydrogen-bond acceptors (Lipinski definition) is 5. The Morgan fingerprint density at radius 1 is 1.33 bits per heavy atom. The van der Waals surface area contributed by atoms with Gasteiger partial charge >= 0.3 is 0 Å². The third kappa shape index (κ3) is 3.55. The first kappa shape index (κ1) is 15.2. The van der Waals surface area contributed by atoms with Gasteiger partial charge in [0.05, 0.1) is 14.6 Å². The Labute approximate surface area is 137 Å². The topological polar surface area (TPSA) is 51.0 Å². The predicted molar refractivity (Wildman–Crippen MR) is 88.6 cm³/mol. The second kappa shape index (κ2) is 7.03. The molecule has 2 unspecified atom stereocenters. The second-order valence-corrected chi connectivity index (χ2v) is 7.93. The average molecular weight is 370 g/mol. The van der Waals surface area contributed by atoms with Gasteiger partial charge in [-0.25, -0.2) is 0 Å². The highest BCUT2D eigenvalue weighted by Crippen LogP contribution is 2.34. The third-order valence-electron chi connectivity index (χ3n) is 4.03. The maximum Gasteiger partial charge on any atom is 0.231 e. The van der Waals surface area contributed by atoms with Gasteiger partial charge in [0.2, 0.25) is 11.7 Å². The molecule has 1 saturated carbocycles. The van der Waals surface area contributed by atoms with Gasteiger partial charge in [0.15, 0.2) is 0 Å². The van der Waals surface area contributed by atoms with Crippen molar-refractivity contribution in [2.24, 2.45) is 0 Å². The minimum Gasteiger partial charge on any atom is -0.339 e. The minimum absolute atomic E-state index is 0.345. The SMILES string of the molecule is CCNC1CCCCCC1c1nc(-c2ccc(Br)s2)no1. The Balaban J connectivity index is 1.82. The van der Waals surface area contributed by atoms with E-state index in [0.29, 0.717) is 17.8 Å². The standard InChI is InChI=1S/C15H20BrN3OS/c1-2-17-11-7-5-3-4-6-10(11)15-18-14(19-20-15)12-8-9-13(16)21-12/h8-11,17H,2-7H2,1H3. The number of halogens is 1. The van der Waals surface area contributed by atoms with Crippen molar-refractivity contribution in [3.05, 3.63) is 21.8 Å². The van der Waals surface area contributed by atoms with Gasteiger partial charge in [-0.05, 0) is 47.4 Å². The van der Waals surface area contributed by atoms with E-state index in [4.69, 9.17) is 4.52 Å². The van der Waals surface area contributed by atoms with Crippen LogP contribution in [0, 0.1) is 0 Å². The smallest absolute Gasteiger partial charge is 0.231 e. The number of hydrogen-bond donors (Lipinski definition) is 1. The van der Waals surface area contributed by atoms with Gasteiger partial charge in [0.25, 0.3) is 0 Å². The fraction of sp³-hybridized carbons (Fsp3) is 0.600. The van der Waals surface area contributed by atoms with Crippen LogP contribution in [0.2, 0.25) is 0 Å². The van der Waals surface area contributed by atoms with Crippen molar-refractivity contribution in [2.75, 3.05) is 6.54 Å². The van der Waals surface area contributed by atoms with Crippen LogP contribution in [-0.4, -0.2) is 22.7 Å². The zero-order chi connectivity index (χ0) is 14.7. The number of aromatic nitrogens is 2. The molecule has 2 aromatic rings. The molecule has 1 aliphatic rings. The van der Waals surface area contributed by atoms with E-state index in [1.807, 2.05) is 12.1 Å². The summed E-state index contributed by atoms with van der Waals surface area (Å²) < 4.78 is 6.68. The number of nitrogens with zero attached hydrogens (tertiary/aromatic N) is 2. The molecule has 0 aromatic carbocycles. The molecule has 0 spiro atoms. The Morgan fingerprint density at radius 2 is 2.19 bits per heavy atom. The quantitative estimate of drug-likeness (QED) is 0.800. The Morgan fingerprint density at radius 3 is 2.95 bits per heavy atom. The molecule has 4 nitrogen and oxygen atoms in total. The van der Waals surface area contributed by atoms with E-state index in [2.05, 4.69) is 38.3 Å². The Bertz CT molecular complexity index is 583. The largest absolute Gasteiger partial charge is 0.339 e. The lowest BCUT2D eigenvalue weighted by atomic mass is 9.94. The molecule has 3 rings (SSSR count). The summed E-state index contributed by atoms with van der Waals surface area (Å²) in [7, 11) is 0. The van der Waals surface area contributed by atoms with Crippen LogP contribution in [0.15, 0.2) is 20.4 Å². The summed E-state index contributed by atoms with van der Waals surface area (Å²) in [5.41, 5.74) is 0. The normalized spacial score (nSPS) is 23.1. The summed E-state index contributed by atoms with van der Waals surface area (Å²) in [5.74, 6) is 1.85. The number of likely N-dealkylation sites (N-methyl/N-ethyl adjacent to an activating group) is 1. The van der Waals surface area contributed by atoms with E-state index in [1.165, 1.54) is 25.7 Å². The fourth-order valence-electron chi connectivity index (χ4n) is 3.03. The molecule has 2 heterocycles. The molecule has 0 bridgehead atoms. The molecule has 114 valence electrons. The zero-order valence-electron chi connectivity index (χ0n) is 12.1. The summed E-state index contributed by atoms with van der Waals surface area (Å²) in [4.78, 5) is 5.71. The lowest BCUT2D eigenvalue weighted by Gasteiger charge is -2.22. The zero-order valence-corrected chi connectivity index (χ0v) is 14.5. The highest BCUT2D eigenvalue weighted by molar-refractivity contribution is 9.11. The number of thiophene rings is 1. The summed E-state index contributed by atoms with van der Waals surface area (Å²) in [6.07, 6.45) is 6.16. The van der Waals surface area contributed by atoms with Gasteiger partial charge in [0.1, 0.15) is 0 Å². The highest BCUT2D eigenvalue weighted by atomic mass is 79.9. The van der Waals surface area contributed by atoms with Crippen LogP contribution < -0.4 is 5.32 Å². The van der Waals surface area contributed by atoms with Crippen LogP contribution in [0.4, 0.5) is 0 Å².